The predicted octanol–water partition coefficient (Wildman–Crippen LogP) is 3.50. The van der Waals surface area contributed by atoms with E-state index in [9.17, 15) is 4.79 Å². The molecule has 27 heavy (non-hydrogen) atoms. The number of rotatable bonds is 4. The van der Waals surface area contributed by atoms with Crippen LogP contribution in [0.2, 0.25) is 0 Å². The fourth-order valence-electron chi connectivity index (χ4n) is 3.69. The molecule has 0 saturated carbocycles. The van der Waals surface area contributed by atoms with Gasteiger partial charge in [0.2, 0.25) is 5.88 Å². The molecule has 0 bridgehead atoms. The number of likely N-dealkylation sites (tertiary alicyclic amines) is 1. The molecule has 6 heteroatoms. The lowest BCUT2D eigenvalue weighted by atomic mass is 9.90. The van der Waals surface area contributed by atoms with E-state index in [4.69, 9.17) is 4.74 Å². The van der Waals surface area contributed by atoms with Crippen molar-refractivity contribution in [1.29, 1.82) is 0 Å². The van der Waals surface area contributed by atoms with Crippen molar-refractivity contribution in [3.05, 3.63) is 66.1 Å². The number of aromatic amines is 1. The Morgan fingerprint density at radius 3 is 2.93 bits per heavy atom. The van der Waals surface area contributed by atoms with Crippen molar-refractivity contribution in [2.75, 3.05) is 20.2 Å². The molecule has 1 atom stereocenters. The van der Waals surface area contributed by atoms with E-state index in [1.54, 1.807) is 25.4 Å². The number of piperidine rings is 1. The number of amides is 1. The Morgan fingerprint density at radius 2 is 2.11 bits per heavy atom. The highest BCUT2D eigenvalue weighted by atomic mass is 16.5. The minimum atomic E-state index is 0.0150. The summed E-state index contributed by atoms with van der Waals surface area (Å²) in [4.78, 5) is 18.9. The molecule has 1 aromatic carbocycles. The summed E-state index contributed by atoms with van der Waals surface area (Å²) in [6, 6.07) is 13.7. The van der Waals surface area contributed by atoms with Gasteiger partial charge in [0.05, 0.1) is 13.3 Å². The monoisotopic (exact) mass is 362 g/mol. The summed E-state index contributed by atoms with van der Waals surface area (Å²) in [5.74, 6) is 0.708. The van der Waals surface area contributed by atoms with Crippen LogP contribution in [0.5, 0.6) is 5.88 Å². The molecule has 1 amide bonds. The maximum atomic E-state index is 13.0. The third-order valence-electron chi connectivity index (χ3n) is 5.06. The highest BCUT2D eigenvalue weighted by Gasteiger charge is 2.28. The zero-order valence-electron chi connectivity index (χ0n) is 15.3. The Morgan fingerprint density at radius 1 is 1.26 bits per heavy atom. The first-order valence-corrected chi connectivity index (χ1v) is 9.14. The van der Waals surface area contributed by atoms with E-state index < -0.39 is 0 Å². The van der Waals surface area contributed by atoms with Gasteiger partial charge in [-0.25, -0.2) is 4.98 Å². The molecule has 0 spiro atoms. The fourth-order valence-corrected chi connectivity index (χ4v) is 3.69. The number of hydrogen-bond acceptors (Lipinski definition) is 4. The van der Waals surface area contributed by atoms with Gasteiger partial charge in [0.15, 0.2) is 0 Å². The molecule has 0 aliphatic carbocycles. The Hall–Kier alpha value is -3.15. The Bertz CT molecular complexity index is 923. The number of methoxy groups -OCH3 is 1. The van der Waals surface area contributed by atoms with Crippen LogP contribution in [-0.4, -0.2) is 46.2 Å². The van der Waals surface area contributed by atoms with E-state index in [1.807, 2.05) is 29.3 Å². The smallest absolute Gasteiger partial charge is 0.254 e. The molecule has 0 radical (unpaired) electrons. The molecule has 1 N–H and O–H groups in total. The van der Waals surface area contributed by atoms with Gasteiger partial charge in [0.25, 0.3) is 5.91 Å². The maximum absolute atomic E-state index is 13.0. The number of nitrogens with one attached hydrogen (secondary N) is 1. The summed E-state index contributed by atoms with van der Waals surface area (Å²) in [7, 11) is 1.55. The quantitative estimate of drug-likeness (QED) is 0.771. The highest BCUT2D eigenvalue weighted by molar-refractivity contribution is 5.94. The van der Waals surface area contributed by atoms with Gasteiger partial charge in [0.1, 0.15) is 0 Å². The summed E-state index contributed by atoms with van der Waals surface area (Å²) in [6.45, 7) is 1.43. The highest BCUT2D eigenvalue weighted by Crippen LogP contribution is 2.33. The van der Waals surface area contributed by atoms with Gasteiger partial charge in [-0.3, -0.25) is 9.89 Å². The average molecular weight is 362 g/mol. The van der Waals surface area contributed by atoms with Gasteiger partial charge in [-0.15, -0.1) is 0 Å². The first-order valence-electron chi connectivity index (χ1n) is 9.14. The fraction of sp³-hybridized carbons (Fsp3) is 0.286. The summed E-state index contributed by atoms with van der Waals surface area (Å²) in [5.41, 5.74) is 3.96. The number of pyridine rings is 1. The lowest BCUT2D eigenvalue weighted by Crippen LogP contribution is -2.39. The molecule has 1 saturated heterocycles. The van der Waals surface area contributed by atoms with Crippen molar-refractivity contribution in [1.82, 2.24) is 20.1 Å². The standard InChI is InChI=1S/C21H22N4O2/c1-27-19-12-16(9-10-22-19)21(26)25-11-5-8-17(14-25)20-18(13-23-24-20)15-6-3-2-4-7-15/h2-4,6-7,9-10,12-13,17H,5,8,11,14H2,1H3,(H,23,24)/t17-/m0/s1. The molecule has 2 aromatic heterocycles. The molecule has 0 unspecified atom stereocenters. The number of nitrogens with zero attached hydrogens (tertiary/aromatic N) is 3. The summed E-state index contributed by atoms with van der Waals surface area (Å²) < 4.78 is 5.14. The molecule has 1 aliphatic heterocycles. The van der Waals surface area contributed by atoms with Gasteiger partial charge in [-0.05, 0) is 24.5 Å². The molecule has 4 rings (SSSR count). The number of carbonyl (C=O) groups excluding carboxylic acids is 1. The topological polar surface area (TPSA) is 71.1 Å². The predicted molar refractivity (Wildman–Crippen MR) is 103 cm³/mol. The van der Waals surface area contributed by atoms with Gasteiger partial charge in [-0.2, -0.15) is 5.10 Å². The second kappa shape index (κ2) is 7.61. The van der Waals surface area contributed by atoms with Crippen LogP contribution in [0.15, 0.2) is 54.9 Å². The average Bonchev–Trinajstić information content (AvgIpc) is 3.24. The Kier molecular flexibility index (Phi) is 4.87. The second-order valence-electron chi connectivity index (χ2n) is 6.74. The van der Waals surface area contributed by atoms with Gasteiger partial charge in [0, 0.05) is 48.1 Å². The number of benzene rings is 1. The van der Waals surface area contributed by atoms with Crippen molar-refractivity contribution >= 4 is 5.91 Å². The van der Waals surface area contributed by atoms with Crippen molar-refractivity contribution in [3.63, 3.8) is 0 Å². The van der Waals surface area contributed by atoms with Crippen LogP contribution >= 0.6 is 0 Å². The molecular weight excluding hydrogens is 340 g/mol. The number of H-pyrrole nitrogens is 1. The zero-order valence-corrected chi connectivity index (χ0v) is 15.3. The molecule has 3 aromatic rings. The van der Waals surface area contributed by atoms with Gasteiger partial charge >= 0.3 is 0 Å². The zero-order chi connectivity index (χ0) is 18.6. The number of aromatic nitrogens is 3. The van der Waals surface area contributed by atoms with Crippen LogP contribution in [0.25, 0.3) is 11.1 Å². The van der Waals surface area contributed by atoms with Crippen LogP contribution in [0.4, 0.5) is 0 Å². The summed E-state index contributed by atoms with van der Waals surface area (Å²) in [6.07, 6.45) is 5.48. The first kappa shape index (κ1) is 17.3. The summed E-state index contributed by atoms with van der Waals surface area (Å²) in [5, 5.41) is 7.44. The van der Waals surface area contributed by atoms with E-state index in [-0.39, 0.29) is 11.8 Å². The number of hydrogen-bond donors (Lipinski definition) is 1. The Labute approximate surface area is 158 Å². The third kappa shape index (κ3) is 3.56. The first-order chi connectivity index (χ1) is 13.3. The van der Waals surface area contributed by atoms with E-state index >= 15 is 0 Å². The van der Waals surface area contributed by atoms with Gasteiger partial charge in [-0.1, -0.05) is 30.3 Å². The number of carbonyl (C=O) groups is 1. The molecule has 1 fully saturated rings. The van der Waals surface area contributed by atoms with E-state index in [0.29, 0.717) is 18.0 Å². The van der Waals surface area contributed by atoms with Crippen LogP contribution in [-0.2, 0) is 0 Å². The molecule has 138 valence electrons. The minimum absolute atomic E-state index is 0.0150. The Balaban J connectivity index is 1.55. The van der Waals surface area contributed by atoms with Crippen LogP contribution < -0.4 is 4.74 Å². The third-order valence-corrected chi connectivity index (χ3v) is 5.06. The number of ether oxygens (including phenoxy) is 1. The minimum Gasteiger partial charge on any atom is -0.481 e. The molecule has 6 nitrogen and oxygen atoms in total. The van der Waals surface area contributed by atoms with E-state index in [1.165, 1.54) is 0 Å². The maximum Gasteiger partial charge on any atom is 0.254 e. The van der Waals surface area contributed by atoms with E-state index in [0.717, 1.165) is 36.2 Å². The van der Waals surface area contributed by atoms with Crippen molar-refractivity contribution in [3.8, 4) is 17.0 Å². The SMILES string of the molecule is COc1cc(C(=O)N2CCC[C@H](c3[nH]ncc3-c3ccccc3)C2)ccn1. The lowest BCUT2D eigenvalue weighted by molar-refractivity contribution is 0.0705. The second-order valence-corrected chi connectivity index (χ2v) is 6.74. The van der Waals surface area contributed by atoms with Gasteiger partial charge < -0.3 is 9.64 Å². The van der Waals surface area contributed by atoms with E-state index in [2.05, 4.69) is 27.3 Å². The van der Waals surface area contributed by atoms with Crippen LogP contribution in [0.1, 0.15) is 34.8 Å². The molecule has 3 heterocycles. The largest absolute Gasteiger partial charge is 0.481 e. The molecular formula is C21H22N4O2. The van der Waals surface area contributed by atoms with Crippen molar-refractivity contribution in [2.24, 2.45) is 0 Å². The van der Waals surface area contributed by atoms with Crippen LogP contribution in [0.3, 0.4) is 0 Å². The van der Waals surface area contributed by atoms with Crippen molar-refractivity contribution in [2.45, 2.75) is 18.8 Å². The summed E-state index contributed by atoms with van der Waals surface area (Å²) >= 11 is 0. The molecule has 1 aliphatic rings. The van der Waals surface area contributed by atoms with Crippen molar-refractivity contribution < 1.29 is 9.53 Å². The normalized spacial score (nSPS) is 16.9. The van der Waals surface area contributed by atoms with Crippen LogP contribution in [0, 0.1) is 0 Å². The lowest BCUT2D eigenvalue weighted by Gasteiger charge is -2.33.